The Morgan fingerprint density at radius 1 is 0.818 bits per heavy atom. The zero-order valence-corrected chi connectivity index (χ0v) is 27.1. The number of anilines is 1. The highest BCUT2D eigenvalue weighted by atomic mass is 79.9. The van der Waals surface area contributed by atoms with Crippen LogP contribution in [0.25, 0.3) is 0 Å². The van der Waals surface area contributed by atoms with Crippen molar-refractivity contribution in [3.8, 4) is 11.5 Å². The molecule has 0 aromatic heterocycles. The van der Waals surface area contributed by atoms with E-state index in [1.165, 1.54) is 4.90 Å². The number of hydrogen-bond acceptors (Lipinski definition) is 5. The van der Waals surface area contributed by atoms with Gasteiger partial charge in [-0.3, -0.25) is 13.9 Å². The first-order chi connectivity index (χ1) is 21.1. The topological polar surface area (TPSA) is 96.0 Å². The summed E-state index contributed by atoms with van der Waals surface area (Å²) in [6, 6.07) is 31.8. The summed E-state index contributed by atoms with van der Waals surface area (Å²) in [5.74, 6) is 0.363. The number of halogens is 1. The zero-order chi connectivity index (χ0) is 31.5. The summed E-state index contributed by atoms with van der Waals surface area (Å²) < 4.78 is 33.9. The molecule has 4 rings (SSSR count). The molecule has 4 aromatic rings. The number of benzene rings is 4. The third-order valence-corrected chi connectivity index (χ3v) is 8.54. The third-order valence-electron chi connectivity index (χ3n) is 6.87. The van der Waals surface area contributed by atoms with E-state index in [0.717, 1.165) is 32.6 Å². The van der Waals surface area contributed by atoms with Gasteiger partial charge in [-0.25, -0.2) is 8.42 Å². The molecule has 0 unspecified atom stereocenters. The maximum atomic E-state index is 14.2. The van der Waals surface area contributed by atoms with Gasteiger partial charge in [-0.15, -0.1) is 0 Å². The van der Waals surface area contributed by atoms with Crippen LogP contribution in [0.15, 0.2) is 114 Å². The van der Waals surface area contributed by atoms with Crippen molar-refractivity contribution in [2.24, 2.45) is 0 Å². The second-order valence-electron chi connectivity index (χ2n) is 10.3. The summed E-state index contributed by atoms with van der Waals surface area (Å²) >= 11 is 3.44. The highest BCUT2D eigenvalue weighted by molar-refractivity contribution is 9.10. The Bertz CT molecular complexity index is 1620. The highest BCUT2D eigenvalue weighted by Gasteiger charge is 2.33. The summed E-state index contributed by atoms with van der Waals surface area (Å²) in [4.78, 5) is 29.2. The molecule has 4 aromatic carbocycles. The van der Waals surface area contributed by atoms with Crippen molar-refractivity contribution < 1.29 is 22.7 Å². The molecule has 2 amide bonds. The quantitative estimate of drug-likeness (QED) is 0.172. The second-order valence-corrected chi connectivity index (χ2v) is 13.1. The number of carbonyl (C=O) groups is 2. The molecule has 8 nitrogen and oxygen atoms in total. The van der Waals surface area contributed by atoms with Gasteiger partial charge in [0, 0.05) is 24.0 Å². The summed E-state index contributed by atoms with van der Waals surface area (Å²) in [7, 11) is -3.88. The van der Waals surface area contributed by atoms with Crippen LogP contribution in [-0.2, 0) is 32.6 Å². The fraction of sp³-hybridized carbons (Fsp3) is 0.235. The van der Waals surface area contributed by atoms with Crippen LogP contribution >= 0.6 is 15.9 Å². The van der Waals surface area contributed by atoms with Crippen molar-refractivity contribution in [2.45, 2.75) is 32.4 Å². The van der Waals surface area contributed by atoms with Crippen molar-refractivity contribution in [3.05, 3.63) is 125 Å². The normalized spacial score (nSPS) is 11.8. The van der Waals surface area contributed by atoms with Crippen molar-refractivity contribution in [1.82, 2.24) is 10.2 Å². The summed E-state index contributed by atoms with van der Waals surface area (Å²) in [6.45, 7) is 2.04. The molecular weight excluding hydrogens is 642 g/mol. The first kappa shape index (κ1) is 32.8. The molecule has 10 heteroatoms. The number of rotatable bonds is 14. The van der Waals surface area contributed by atoms with Gasteiger partial charge in [-0.05, 0) is 66.1 Å². The Morgan fingerprint density at radius 3 is 2.00 bits per heavy atom. The van der Waals surface area contributed by atoms with E-state index >= 15 is 0 Å². The highest BCUT2D eigenvalue weighted by Crippen LogP contribution is 2.26. The van der Waals surface area contributed by atoms with Gasteiger partial charge < -0.3 is 15.0 Å². The van der Waals surface area contributed by atoms with E-state index in [2.05, 4.69) is 21.2 Å². The van der Waals surface area contributed by atoms with Crippen LogP contribution in [-0.4, -0.2) is 50.5 Å². The second kappa shape index (κ2) is 15.5. The van der Waals surface area contributed by atoms with Crippen molar-refractivity contribution in [2.75, 3.05) is 23.7 Å². The van der Waals surface area contributed by atoms with Crippen LogP contribution < -0.4 is 14.4 Å². The standard InChI is InChI=1S/C34H36BrN3O5S/c1-3-22-36-34(40)32(23-26-10-6-4-7-11-26)37(24-27-14-16-28(35)17-15-27)33(39)25-38(44(2,41)42)29-18-20-31(21-19-29)43-30-12-8-5-9-13-30/h4-21,32H,3,22-25H2,1-2H3,(H,36,40)/t32-/m1/s1. The predicted octanol–water partition coefficient (Wildman–Crippen LogP) is 6.17. The molecule has 0 radical (unpaired) electrons. The van der Waals surface area contributed by atoms with Gasteiger partial charge >= 0.3 is 0 Å². The SMILES string of the molecule is CCCNC(=O)[C@@H](Cc1ccccc1)N(Cc1ccc(Br)cc1)C(=O)CN(c1ccc(Oc2ccccc2)cc1)S(C)(=O)=O. The van der Waals surface area contributed by atoms with Gasteiger partial charge in [0.1, 0.15) is 24.1 Å². The smallest absolute Gasteiger partial charge is 0.244 e. The zero-order valence-electron chi connectivity index (χ0n) is 24.7. The number of ether oxygens (including phenoxy) is 1. The van der Waals surface area contributed by atoms with Gasteiger partial charge in [-0.2, -0.15) is 0 Å². The fourth-order valence-electron chi connectivity index (χ4n) is 4.63. The molecule has 0 aliphatic carbocycles. The van der Waals surface area contributed by atoms with Gasteiger partial charge in [-0.1, -0.05) is 83.5 Å². The molecule has 0 aliphatic heterocycles. The van der Waals surface area contributed by atoms with Gasteiger partial charge in [0.15, 0.2) is 0 Å². The van der Waals surface area contributed by atoms with Crippen LogP contribution in [0.4, 0.5) is 5.69 Å². The van der Waals surface area contributed by atoms with Crippen molar-refractivity contribution in [1.29, 1.82) is 0 Å². The number of sulfonamides is 1. The molecule has 230 valence electrons. The van der Waals surface area contributed by atoms with Crippen molar-refractivity contribution >= 4 is 43.5 Å². The maximum Gasteiger partial charge on any atom is 0.244 e. The molecule has 0 saturated carbocycles. The molecule has 0 fully saturated rings. The van der Waals surface area contributed by atoms with E-state index in [4.69, 9.17) is 4.74 Å². The first-order valence-corrected chi connectivity index (χ1v) is 16.9. The van der Waals surface area contributed by atoms with E-state index in [0.29, 0.717) is 23.7 Å². The number of hydrogen-bond donors (Lipinski definition) is 1. The van der Waals surface area contributed by atoms with Crippen molar-refractivity contribution in [3.63, 3.8) is 0 Å². The summed E-state index contributed by atoms with van der Waals surface area (Å²) in [5.41, 5.74) is 1.99. The molecule has 0 saturated heterocycles. The van der Waals surface area contributed by atoms with E-state index in [1.54, 1.807) is 24.3 Å². The van der Waals surface area contributed by atoms with E-state index in [-0.39, 0.29) is 18.9 Å². The van der Waals surface area contributed by atoms with Crippen LogP contribution in [0.2, 0.25) is 0 Å². The Hall–Kier alpha value is -4.15. The lowest BCUT2D eigenvalue weighted by atomic mass is 10.0. The third kappa shape index (κ3) is 9.42. The fourth-order valence-corrected chi connectivity index (χ4v) is 5.74. The number of para-hydroxylation sites is 1. The summed E-state index contributed by atoms with van der Waals surface area (Å²) in [6.07, 6.45) is 2.06. The van der Waals surface area contributed by atoms with Gasteiger partial charge in [0.25, 0.3) is 0 Å². The van der Waals surface area contributed by atoms with Gasteiger partial charge in [0.2, 0.25) is 21.8 Å². The monoisotopic (exact) mass is 677 g/mol. The lowest BCUT2D eigenvalue weighted by Crippen LogP contribution is -2.53. The lowest BCUT2D eigenvalue weighted by Gasteiger charge is -2.33. The largest absolute Gasteiger partial charge is 0.457 e. The first-order valence-electron chi connectivity index (χ1n) is 14.3. The Balaban J connectivity index is 1.66. The van der Waals surface area contributed by atoms with E-state index in [9.17, 15) is 18.0 Å². The molecule has 1 N–H and O–H groups in total. The van der Waals surface area contributed by atoms with Crippen LogP contribution in [0.1, 0.15) is 24.5 Å². The molecule has 0 spiro atoms. The Morgan fingerprint density at radius 2 is 1.41 bits per heavy atom. The Labute approximate surface area is 267 Å². The minimum absolute atomic E-state index is 0.116. The van der Waals surface area contributed by atoms with Crippen LogP contribution in [0, 0.1) is 0 Å². The molecule has 0 heterocycles. The minimum Gasteiger partial charge on any atom is -0.457 e. The number of carbonyl (C=O) groups excluding carboxylic acids is 2. The number of nitrogens with one attached hydrogen (secondary N) is 1. The molecule has 44 heavy (non-hydrogen) atoms. The average Bonchev–Trinajstić information content (AvgIpc) is 3.02. The maximum absolute atomic E-state index is 14.2. The molecule has 1 atom stereocenters. The average molecular weight is 679 g/mol. The van der Waals surface area contributed by atoms with Crippen LogP contribution in [0.3, 0.4) is 0 Å². The number of amides is 2. The lowest BCUT2D eigenvalue weighted by molar-refractivity contribution is -0.140. The minimum atomic E-state index is -3.88. The van der Waals surface area contributed by atoms with E-state index in [1.807, 2.05) is 91.9 Å². The van der Waals surface area contributed by atoms with Gasteiger partial charge in [0.05, 0.1) is 11.9 Å². The predicted molar refractivity (Wildman–Crippen MR) is 177 cm³/mol. The molecule has 0 aliphatic rings. The summed E-state index contributed by atoms with van der Waals surface area (Å²) in [5, 5.41) is 2.94. The van der Waals surface area contributed by atoms with Crippen LogP contribution in [0.5, 0.6) is 11.5 Å². The number of nitrogens with zero attached hydrogens (tertiary/aromatic N) is 2. The Kier molecular flexibility index (Phi) is 11.6. The van der Waals surface area contributed by atoms with E-state index < -0.39 is 28.5 Å². The molecular formula is C34H36BrN3O5S. The molecule has 0 bridgehead atoms.